The number of benzene rings is 2. The van der Waals surface area contributed by atoms with E-state index < -0.39 is 0 Å². The van der Waals surface area contributed by atoms with Crippen molar-refractivity contribution in [2.24, 2.45) is 0 Å². The molecule has 0 spiro atoms. The Morgan fingerprint density at radius 3 is 2.44 bits per heavy atom. The van der Waals surface area contributed by atoms with E-state index in [0.717, 1.165) is 17.9 Å². The lowest BCUT2D eigenvalue weighted by Crippen LogP contribution is -1.93. The standard InChI is InChI=1S/C16H19NO/c1-3-18-16-9-7-13(8-10-16)11-14-5-4-6-15(12-14)17-2/h4-10,12,17H,3,11H2,1-2H3. The minimum atomic E-state index is 0.712. The van der Waals surface area contributed by atoms with E-state index in [-0.39, 0.29) is 0 Å². The maximum atomic E-state index is 5.44. The van der Waals surface area contributed by atoms with Gasteiger partial charge in [-0.05, 0) is 48.7 Å². The van der Waals surface area contributed by atoms with Gasteiger partial charge in [0.15, 0.2) is 0 Å². The van der Waals surface area contributed by atoms with Gasteiger partial charge in [0, 0.05) is 12.7 Å². The van der Waals surface area contributed by atoms with Crippen molar-refractivity contribution in [3.8, 4) is 5.75 Å². The SMILES string of the molecule is CCOc1ccc(Cc2cccc(NC)c2)cc1. The summed E-state index contributed by atoms with van der Waals surface area (Å²) >= 11 is 0. The van der Waals surface area contributed by atoms with Gasteiger partial charge in [0.2, 0.25) is 0 Å². The lowest BCUT2D eigenvalue weighted by molar-refractivity contribution is 0.340. The van der Waals surface area contributed by atoms with Gasteiger partial charge in [-0.3, -0.25) is 0 Å². The van der Waals surface area contributed by atoms with Crippen LogP contribution in [0.15, 0.2) is 48.5 Å². The Kier molecular flexibility index (Phi) is 4.24. The molecule has 94 valence electrons. The van der Waals surface area contributed by atoms with Gasteiger partial charge in [0.25, 0.3) is 0 Å². The van der Waals surface area contributed by atoms with Crippen molar-refractivity contribution >= 4 is 5.69 Å². The number of nitrogens with one attached hydrogen (secondary N) is 1. The van der Waals surface area contributed by atoms with Crippen molar-refractivity contribution in [2.75, 3.05) is 19.0 Å². The summed E-state index contributed by atoms with van der Waals surface area (Å²) in [4.78, 5) is 0. The quantitative estimate of drug-likeness (QED) is 0.861. The Morgan fingerprint density at radius 1 is 1.00 bits per heavy atom. The molecule has 0 radical (unpaired) electrons. The molecule has 2 rings (SSSR count). The molecular weight excluding hydrogens is 222 g/mol. The smallest absolute Gasteiger partial charge is 0.119 e. The summed E-state index contributed by atoms with van der Waals surface area (Å²) in [6, 6.07) is 16.8. The minimum Gasteiger partial charge on any atom is -0.494 e. The van der Waals surface area contributed by atoms with Gasteiger partial charge in [-0.1, -0.05) is 24.3 Å². The average Bonchev–Trinajstić information content (AvgIpc) is 2.42. The van der Waals surface area contributed by atoms with Crippen molar-refractivity contribution in [1.82, 2.24) is 0 Å². The predicted octanol–water partition coefficient (Wildman–Crippen LogP) is 3.72. The fourth-order valence-electron chi connectivity index (χ4n) is 1.94. The van der Waals surface area contributed by atoms with Crippen LogP contribution in [0.1, 0.15) is 18.1 Å². The molecule has 2 heteroatoms. The molecule has 0 aliphatic carbocycles. The van der Waals surface area contributed by atoms with Crippen LogP contribution in [0.25, 0.3) is 0 Å². The molecule has 2 aromatic rings. The topological polar surface area (TPSA) is 21.3 Å². The molecule has 18 heavy (non-hydrogen) atoms. The molecule has 0 unspecified atom stereocenters. The Labute approximate surface area is 109 Å². The first-order valence-electron chi connectivity index (χ1n) is 6.30. The van der Waals surface area contributed by atoms with Crippen LogP contribution in [0, 0.1) is 0 Å². The number of hydrogen-bond donors (Lipinski definition) is 1. The third-order valence-electron chi connectivity index (χ3n) is 2.86. The molecule has 1 N–H and O–H groups in total. The van der Waals surface area contributed by atoms with Crippen molar-refractivity contribution < 1.29 is 4.74 Å². The first-order chi connectivity index (χ1) is 8.81. The Hall–Kier alpha value is -1.96. The Bertz CT molecular complexity index is 491. The van der Waals surface area contributed by atoms with Crippen LogP contribution in [0.3, 0.4) is 0 Å². The van der Waals surface area contributed by atoms with Crippen LogP contribution < -0.4 is 10.1 Å². The summed E-state index contributed by atoms with van der Waals surface area (Å²) in [6.45, 7) is 2.71. The number of hydrogen-bond acceptors (Lipinski definition) is 2. The van der Waals surface area contributed by atoms with Gasteiger partial charge in [-0.25, -0.2) is 0 Å². The molecule has 0 aliphatic rings. The third-order valence-corrected chi connectivity index (χ3v) is 2.86. The van der Waals surface area contributed by atoms with Crippen molar-refractivity contribution in [3.63, 3.8) is 0 Å². The molecule has 0 atom stereocenters. The fourth-order valence-corrected chi connectivity index (χ4v) is 1.94. The molecular formula is C16H19NO. The fraction of sp³-hybridized carbons (Fsp3) is 0.250. The average molecular weight is 241 g/mol. The highest BCUT2D eigenvalue weighted by Crippen LogP contribution is 2.17. The molecule has 0 saturated heterocycles. The Morgan fingerprint density at radius 2 is 1.78 bits per heavy atom. The molecule has 0 amide bonds. The van der Waals surface area contributed by atoms with Crippen LogP contribution in [-0.2, 0) is 6.42 Å². The summed E-state index contributed by atoms with van der Waals surface area (Å²) in [6.07, 6.45) is 0.946. The second kappa shape index (κ2) is 6.10. The van der Waals surface area contributed by atoms with Crippen LogP contribution >= 0.6 is 0 Å². The van der Waals surface area contributed by atoms with Gasteiger partial charge in [-0.2, -0.15) is 0 Å². The largest absolute Gasteiger partial charge is 0.494 e. The van der Waals surface area contributed by atoms with Crippen molar-refractivity contribution in [2.45, 2.75) is 13.3 Å². The van der Waals surface area contributed by atoms with E-state index >= 15 is 0 Å². The second-order valence-electron chi connectivity index (χ2n) is 4.20. The highest BCUT2D eigenvalue weighted by Gasteiger charge is 1.98. The lowest BCUT2D eigenvalue weighted by Gasteiger charge is -2.07. The van der Waals surface area contributed by atoms with Gasteiger partial charge in [0.05, 0.1) is 6.61 Å². The zero-order valence-corrected chi connectivity index (χ0v) is 10.9. The zero-order chi connectivity index (χ0) is 12.8. The summed E-state index contributed by atoms with van der Waals surface area (Å²) in [5, 5.41) is 3.16. The maximum Gasteiger partial charge on any atom is 0.119 e. The van der Waals surface area contributed by atoms with Crippen LogP contribution in [0.4, 0.5) is 5.69 Å². The summed E-state index contributed by atoms with van der Waals surface area (Å²) in [5.74, 6) is 0.935. The van der Waals surface area contributed by atoms with Crippen molar-refractivity contribution in [3.05, 3.63) is 59.7 Å². The summed E-state index contributed by atoms with van der Waals surface area (Å²) in [7, 11) is 1.94. The van der Waals surface area contributed by atoms with E-state index in [1.165, 1.54) is 11.1 Å². The normalized spacial score (nSPS) is 10.1. The molecule has 0 heterocycles. The third kappa shape index (κ3) is 3.27. The van der Waals surface area contributed by atoms with E-state index in [2.05, 4.69) is 41.7 Å². The first kappa shape index (κ1) is 12.5. The van der Waals surface area contributed by atoms with Crippen LogP contribution in [0.5, 0.6) is 5.75 Å². The van der Waals surface area contributed by atoms with Gasteiger partial charge >= 0.3 is 0 Å². The molecule has 0 bridgehead atoms. The van der Waals surface area contributed by atoms with Gasteiger partial charge < -0.3 is 10.1 Å². The van der Waals surface area contributed by atoms with Crippen molar-refractivity contribution in [1.29, 1.82) is 0 Å². The van der Waals surface area contributed by atoms with Crippen LogP contribution in [0.2, 0.25) is 0 Å². The van der Waals surface area contributed by atoms with E-state index in [1.54, 1.807) is 0 Å². The predicted molar refractivity (Wildman–Crippen MR) is 76.4 cm³/mol. The highest BCUT2D eigenvalue weighted by atomic mass is 16.5. The van der Waals surface area contributed by atoms with E-state index in [4.69, 9.17) is 4.74 Å². The summed E-state index contributed by atoms with van der Waals surface area (Å²) in [5.41, 5.74) is 3.76. The van der Waals surface area contributed by atoms with E-state index in [0.29, 0.717) is 6.61 Å². The zero-order valence-electron chi connectivity index (χ0n) is 10.9. The molecule has 2 aromatic carbocycles. The highest BCUT2D eigenvalue weighted by molar-refractivity contribution is 5.46. The molecule has 0 aromatic heterocycles. The molecule has 0 aliphatic heterocycles. The monoisotopic (exact) mass is 241 g/mol. The summed E-state index contributed by atoms with van der Waals surface area (Å²) < 4.78 is 5.44. The second-order valence-corrected chi connectivity index (χ2v) is 4.20. The van der Waals surface area contributed by atoms with Crippen LogP contribution in [-0.4, -0.2) is 13.7 Å². The molecule has 0 fully saturated rings. The lowest BCUT2D eigenvalue weighted by atomic mass is 10.0. The first-order valence-corrected chi connectivity index (χ1v) is 6.30. The van der Waals surface area contributed by atoms with Gasteiger partial charge in [0.1, 0.15) is 5.75 Å². The maximum absolute atomic E-state index is 5.44. The van der Waals surface area contributed by atoms with E-state index in [9.17, 15) is 0 Å². The van der Waals surface area contributed by atoms with Gasteiger partial charge in [-0.15, -0.1) is 0 Å². The van der Waals surface area contributed by atoms with E-state index in [1.807, 2.05) is 26.1 Å². The number of anilines is 1. The molecule has 0 saturated carbocycles. The Balaban J connectivity index is 2.08. The minimum absolute atomic E-state index is 0.712. The molecule has 2 nitrogen and oxygen atoms in total. The number of ether oxygens (including phenoxy) is 1. The number of rotatable bonds is 5.